The van der Waals surface area contributed by atoms with E-state index in [9.17, 15) is 4.79 Å². The minimum Gasteiger partial charge on any atom is -0.496 e. The summed E-state index contributed by atoms with van der Waals surface area (Å²) in [4.78, 5) is 22.6. The van der Waals surface area contributed by atoms with Gasteiger partial charge in [0.25, 0.3) is 5.91 Å². The Morgan fingerprint density at radius 3 is 2.80 bits per heavy atom. The lowest BCUT2D eigenvalue weighted by Gasteiger charge is -2.11. The number of hydrogen-bond acceptors (Lipinski definition) is 6. The maximum Gasteiger partial charge on any atom is 0.270 e. The number of anilines is 1. The van der Waals surface area contributed by atoms with Crippen LogP contribution in [0, 0.1) is 0 Å². The minimum absolute atomic E-state index is 0.246. The van der Waals surface area contributed by atoms with Crippen molar-refractivity contribution in [2.24, 2.45) is 0 Å². The lowest BCUT2D eigenvalue weighted by atomic mass is 10.2. The third-order valence-corrected chi connectivity index (χ3v) is 3.62. The van der Waals surface area contributed by atoms with E-state index in [2.05, 4.69) is 25.5 Å². The van der Waals surface area contributed by atoms with Crippen LogP contribution < -0.4 is 15.4 Å². The van der Waals surface area contributed by atoms with E-state index in [-0.39, 0.29) is 5.91 Å². The summed E-state index contributed by atoms with van der Waals surface area (Å²) in [5.41, 5.74) is 1.24. The molecule has 0 bridgehead atoms. The molecule has 0 saturated carbocycles. The Hall–Kier alpha value is -2.67. The number of amides is 1. The van der Waals surface area contributed by atoms with E-state index in [1.807, 2.05) is 38.4 Å². The molecule has 1 aromatic heterocycles. The molecule has 2 N–H and O–H groups in total. The number of nitrogens with one attached hydrogen (secondary N) is 2. The zero-order valence-corrected chi connectivity index (χ0v) is 15.0. The highest BCUT2D eigenvalue weighted by Gasteiger charge is 2.10. The van der Waals surface area contributed by atoms with Crippen LogP contribution in [-0.2, 0) is 6.54 Å². The second kappa shape index (κ2) is 9.58. The van der Waals surface area contributed by atoms with Crippen molar-refractivity contribution in [3.8, 4) is 5.75 Å². The number of hydrogen-bond donors (Lipinski definition) is 2. The van der Waals surface area contributed by atoms with Crippen LogP contribution in [0.4, 0.5) is 5.82 Å². The summed E-state index contributed by atoms with van der Waals surface area (Å²) < 4.78 is 5.28. The van der Waals surface area contributed by atoms with Gasteiger partial charge < -0.3 is 20.3 Å². The molecule has 0 radical (unpaired) electrons. The molecular formula is C18H25N5O2. The minimum atomic E-state index is -0.246. The van der Waals surface area contributed by atoms with Crippen molar-refractivity contribution in [2.75, 3.05) is 39.6 Å². The van der Waals surface area contributed by atoms with Gasteiger partial charge in [0.1, 0.15) is 23.6 Å². The number of carbonyl (C=O) groups is 1. The lowest BCUT2D eigenvalue weighted by Crippen LogP contribution is -2.24. The summed E-state index contributed by atoms with van der Waals surface area (Å²) in [5.74, 6) is 1.15. The van der Waals surface area contributed by atoms with E-state index in [0.29, 0.717) is 18.1 Å². The van der Waals surface area contributed by atoms with E-state index >= 15 is 0 Å². The Bertz CT molecular complexity index is 691. The smallest absolute Gasteiger partial charge is 0.270 e. The third kappa shape index (κ3) is 6.04. The maximum absolute atomic E-state index is 12.3. The number of nitrogens with zero attached hydrogens (tertiary/aromatic N) is 3. The number of rotatable bonds is 9. The SMILES string of the molecule is COc1ccccc1CNC(=O)c1cc(NCCCN(C)C)ncn1. The van der Waals surface area contributed by atoms with Crippen LogP contribution in [0.5, 0.6) is 5.75 Å². The normalized spacial score (nSPS) is 10.6. The third-order valence-electron chi connectivity index (χ3n) is 3.62. The lowest BCUT2D eigenvalue weighted by molar-refractivity contribution is 0.0945. The summed E-state index contributed by atoms with van der Waals surface area (Å²) in [6, 6.07) is 9.24. The van der Waals surface area contributed by atoms with E-state index in [0.717, 1.165) is 30.8 Å². The molecule has 0 atom stereocenters. The molecule has 1 aromatic carbocycles. The van der Waals surface area contributed by atoms with Gasteiger partial charge in [0, 0.05) is 24.7 Å². The molecule has 1 amide bonds. The van der Waals surface area contributed by atoms with Crippen LogP contribution in [-0.4, -0.2) is 55.1 Å². The van der Waals surface area contributed by atoms with Crippen molar-refractivity contribution in [2.45, 2.75) is 13.0 Å². The monoisotopic (exact) mass is 343 g/mol. The first kappa shape index (κ1) is 18.7. The maximum atomic E-state index is 12.3. The number of benzene rings is 1. The fraction of sp³-hybridized carbons (Fsp3) is 0.389. The topological polar surface area (TPSA) is 79.4 Å². The Balaban J connectivity index is 1.90. The summed E-state index contributed by atoms with van der Waals surface area (Å²) in [5, 5.41) is 6.07. The van der Waals surface area contributed by atoms with Crippen molar-refractivity contribution in [3.63, 3.8) is 0 Å². The van der Waals surface area contributed by atoms with Crippen LogP contribution in [0.25, 0.3) is 0 Å². The molecule has 2 rings (SSSR count). The molecule has 0 saturated heterocycles. The van der Waals surface area contributed by atoms with Gasteiger partial charge in [-0.05, 0) is 33.1 Å². The van der Waals surface area contributed by atoms with Gasteiger partial charge in [0.2, 0.25) is 0 Å². The fourth-order valence-electron chi connectivity index (χ4n) is 2.30. The van der Waals surface area contributed by atoms with Crippen molar-refractivity contribution >= 4 is 11.7 Å². The number of ether oxygens (including phenoxy) is 1. The zero-order chi connectivity index (χ0) is 18.1. The van der Waals surface area contributed by atoms with E-state index in [4.69, 9.17) is 4.74 Å². The Morgan fingerprint density at radius 1 is 1.24 bits per heavy atom. The molecule has 0 aliphatic carbocycles. The predicted molar refractivity (Wildman–Crippen MR) is 97.9 cm³/mol. The number of para-hydroxylation sites is 1. The fourth-order valence-corrected chi connectivity index (χ4v) is 2.30. The summed E-state index contributed by atoms with van der Waals surface area (Å²) in [6.07, 6.45) is 2.39. The molecule has 7 nitrogen and oxygen atoms in total. The standard InChI is InChI=1S/C18H25N5O2/c1-23(2)10-6-9-19-17-11-15(21-13-22-17)18(24)20-12-14-7-4-5-8-16(14)25-3/h4-5,7-8,11,13H,6,9-10,12H2,1-3H3,(H,20,24)(H,19,21,22). The Kier molecular flexibility index (Phi) is 7.16. The average molecular weight is 343 g/mol. The number of aromatic nitrogens is 2. The predicted octanol–water partition coefficient (Wildman–Crippen LogP) is 1.78. The molecule has 7 heteroatoms. The van der Waals surface area contributed by atoms with Crippen LogP contribution in [0.2, 0.25) is 0 Å². The molecule has 134 valence electrons. The molecule has 0 fully saturated rings. The number of methoxy groups -OCH3 is 1. The van der Waals surface area contributed by atoms with Crippen molar-refractivity contribution in [1.29, 1.82) is 0 Å². The second-order valence-corrected chi connectivity index (χ2v) is 5.87. The molecule has 0 spiro atoms. The van der Waals surface area contributed by atoms with E-state index < -0.39 is 0 Å². The summed E-state index contributed by atoms with van der Waals surface area (Å²) >= 11 is 0. The quantitative estimate of drug-likeness (QED) is 0.676. The van der Waals surface area contributed by atoms with Crippen molar-refractivity contribution in [1.82, 2.24) is 20.2 Å². The van der Waals surface area contributed by atoms with Crippen LogP contribution in [0.1, 0.15) is 22.5 Å². The highest BCUT2D eigenvalue weighted by Crippen LogP contribution is 2.16. The first-order valence-electron chi connectivity index (χ1n) is 8.21. The Labute approximate surface area is 148 Å². The van der Waals surface area contributed by atoms with Crippen LogP contribution in [0.15, 0.2) is 36.7 Å². The molecule has 2 aromatic rings. The molecule has 0 aliphatic rings. The van der Waals surface area contributed by atoms with E-state index in [1.54, 1.807) is 13.2 Å². The van der Waals surface area contributed by atoms with E-state index in [1.165, 1.54) is 6.33 Å². The molecule has 25 heavy (non-hydrogen) atoms. The van der Waals surface area contributed by atoms with Gasteiger partial charge in [-0.2, -0.15) is 0 Å². The molecular weight excluding hydrogens is 318 g/mol. The molecule has 0 unspecified atom stereocenters. The largest absolute Gasteiger partial charge is 0.496 e. The van der Waals surface area contributed by atoms with Gasteiger partial charge in [0.05, 0.1) is 7.11 Å². The van der Waals surface area contributed by atoms with Crippen LogP contribution >= 0.6 is 0 Å². The summed E-state index contributed by atoms with van der Waals surface area (Å²) in [6.45, 7) is 2.15. The van der Waals surface area contributed by atoms with Gasteiger partial charge in [-0.15, -0.1) is 0 Å². The number of carbonyl (C=O) groups excluding carboxylic acids is 1. The highest BCUT2D eigenvalue weighted by atomic mass is 16.5. The van der Waals surface area contributed by atoms with Gasteiger partial charge in [-0.3, -0.25) is 4.79 Å². The molecule has 1 heterocycles. The second-order valence-electron chi connectivity index (χ2n) is 5.87. The van der Waals surface area contributed by atoms with Crippen molar-refractivity contribution in [3.05, 3.63) is 47.9 Å². The first-order valence-corrected chi connectivity index (χ1v) is 8.21. The molecule has 0 aliphatic heterocycles. The zero-order valence-electron chi connectivity index (χ0n) is 15.0. The average Bonchev–Trinajstić information content (AvgIpc) is 2.63. The Morgan fingerprint density at radius 2 is 2.04 bits per heavy atom. The highest BCUT2D eigenvalue weighted by molar-refractivity contribution is 5.92. The summed E-state index contributed by atoms with van der Waals surface area (Å²) in [7, 11) is 5.68. The van der Waals surface area contributed by atoms with Gasteiger partial charge in [0.15, 0.2) is 0 Å². The van der Waals surface area contributed by atoms with Gasteiger partial charge in [-0.1, -0.05) is 18.2 Å². The first-order chi connectivity index (χ1) is 12.1. The van der Waals surface area contributed by atoms with Gasteiger partial charge >= 0.3 is 0 Å². The van der Waals surface area contributed by atoms with Crippen molar-refractivity contribution < 1.29 is 9.53 Å². The van der Waals surface area contributed by atoms with Gasteiger partial charge in [-0.25, -0.2) is 9.97 Å². The van der Waals surface area contributed by atoms with Crippen LogP contribution in [0.3, 0.4) is 0 Å².